The number of carbonyl (C=O) groups excluding carboxylic acids is 1. The van der Waals surface area contributed by atoms with Crippen molar-refractivity contribution in [2.75, 3.05) is 13.2 Å². The molecule has 1 aliphatic heterocycles. The Kier molecular flexibility index (Phi) is 7.92. The molecule has 0 bridgehead atoms. The van der Waals surface area contributed by atoms with E-state index in [-0.39, 0.29) is 23.7 Å². The van der Waals surface area contributed by atoms with Crippen LogP contribution in [0, 0.1) is 11.3 Å². The van der Waals surface area contributed by atoms with Gasteiger partial charge in [0.2, 0.25) is 5.88 Å². The number of para-hydroxylation sites is 1. The van der Waals surface area contributed by atoms with Crippen LogP contribution < -0.4 is 24.7 Å². The van der Waals surface area contributed by atoms with Crippen LogP contribution in [0.3, 0.4) is 0 Å². The van der Waals surface area contributed by atoms with Crippen LogP contribution in [0.15, 0.2) is 78.2 Å². The fourth-order valence-electron chi connectivity index (χ4n) is 4.24. The lowest BCUT2D eigenvalue weighted by Gasteiger charge is -2.28. The summed E-state index contributed by atoms with van der Waals surface area (Å²) in [6.07, 6.45) is 0.850. The third-order valence-corrected chi connectivity index (χ3v) is 6.19. The van der Waals surface area contributed by atoms with Crippen LogP contribution >= 0.6 is 0 Å². The van der Waals surface area contributed by atoms with Crippen LogP contribution in [0.1, 0.15) is 56.7 Å². The van der Waals surface area contributed by atoms with Crippen LogP contribution in [0.2, 0.25) is 0 Å². The normalized spacial score (nSPS) is 14.7. The summed E-state index contributed by atoms with van der Waals surface area (Å²) >= 11 is 0. The van der Waals surface area contributed by atoms with Gasteiger partial charge < -0.3 is 24.7 Å². The highest BCUT2D eigenvalue weighted by Gasteiger charge is 2.33. The first-order valence-electron chi connectivity index (χ1n) is 12.6. The van der Waals surface area contributed by atoms with Crippen LogP contribution in [0.5, 0.6) is 23.0 Å². The second-order valence-corrected chi connectivity index (χ2v) is 10.0. The topological polar surface area (TPSA) is 104 Å². The summed E-state index contributed by atoms with van der Waals surface area (Å²) < 4.78 is 22.8. The van der Waals surface area contributed by atoms with E-state index in [1.54, 1.807) is 18.2 Å². The van der Waals surface area contributed by atoms with Gasteiger partial charge in [-0.25, -0.2) is 4.79 Å². The van der Waals surface area contributed by atoms with Crippen LogP contribution in [0.25, 0.3) is 0 Å². The van der Waals surface area contributed by atoms with Gasteiger partial charge in [0.15, 0.2) is 6.61 Å². The Morgan fingerprint density at radius 2 is 1.71 bits per heavy atom. The highest BCUT2D eigenvalue weighted by atomic mass is 16.6. The molecule has 0 saturated carbocycles. The first-order chi connectivity index (χ1) is 18.2. The SMILES string of the molecule is CCCOc1ccccc1C1C(C#N)=C(N)Oc2cc(OC(=O)COc3ccc(C(C)(C)C)cc3)ccc21. The van der Waals surface area contributed by atoms with Crippen molar-refractivity contribution in [2.45, 2.75) is 45.4 Å². The molecule has 7 nitrogen and oxygen atoms in total. The molecule has 7 heteroatoms. The van der Waals surface area contributed by atoms with E-state index in [9.17, 15) is 10.1 Å². The number of carbonyl (C=O) groups is 1. The number of hydrogen-bond acceptors (Lipinski definition) is 7. The van der Waals surface area contributed by atoms with E-state index in [0.717, 1.165) is 17.5 Å². The first kappa shape index (κ1) is 26.6. The lowest BCUT2D eigenvalue weighted by Crippen LogP contribution is -2.22. The Labute approximate surface area is 223 Å². The summed E-state index contributed by atoms with van der Waals surface area (Å²) in [5.41, 5.74) is 9.17. The van der Waals surface area contributed by atoms with Gasteiger partial charge in [0, 0.05) is 17.2 Å². The van der Waals surface area contributed by atoms with Crippen molar-refractivity contribution in [3.8, 4) is 29.1 Å². The number of ether oxygens (including phenoxy) is 4. The molecule has 0 radical (unpaired) electrons. The predicted molar refractivity (Wildman–Crippen MR) is 144 cm³/mol. The number of esters is 1. The lowest BCUT2D eigenvalue weighted by molar-refractivity contribution is -0.136. The molecule has 0 fully saturated rings. The largest absolute Gasteiger partial charge is 0.493 e. The summed E-state index contributed by atoms with van der Waals surface area (Å²) in [6.45, 7) is 8.72. The van der Waals surface area contributed by atoms with Crippen LogP contribution in [-0.2, 0) is 10.2 Å². The van der Waals surface area contributed by atoms with Gasteiger partial charge in [0.25, 0.3) is 0 Å². The number of allylic oxidation sites excluding steroid dienone is 1. The minimum atomic E-state index is -0.559. The Bertz CT molecular complexity index is 1380. The molecule has 1 atom stereocenters. The summed E-state index contributed by atoms with van der Waals surface area (Å²) in [4.78, 5) is 12.5. The van der Waals surface area contributed by atoms with Gasteiger partial charge in [-0.2, -0.15) is 5.26 Å². The molecule has 4 rings (SSSR count). The van der Waals surface area contributed by atoms with E-state index in [4.69, 9.17) is 24.7 Å². The van der Waals surface area contributed by atoms with Crippen molar-refractivity contribution in [1.29, 1.82) is 5.26 Å². The van der Waals surface area contributed by atoms with Gasteiger partial charge in [-0.1, -0.05) is 64.1 Å². The average molecular weight is 513 g/mol. The summed E-state index contributed by atoms with van der Waals surface area (Å²) in [6, 6.07) is 22.4. The van der Waals surface area contributed by atoms with Crippen molar-refractivity contribution >= 4 is 5.97 Å². The van der Waals surface area contributed by atoms with Crippen LogP contribution in [-0.4, -0.2) is 19.2 Å². The Morgan fingerprint density at radius 1 is 1.00 bits per heavy atom. The second kappa shape index (κ2) is 11.3. The van der Waals surface area contributed by atoms with Gasteiger partial charge in [-0.15, -0.1) is 0 Å². The number of fused-ring (bicyclic) bond motifs is 1. The Hall–Kier alpha value is -4.44. The molecule has 3 aromatic carbocycles. The van der Waals surface area contributed by atoms with E-state index in [0.29, 0.717) is 29.4 Å². The average Bonchev–Trinajstić information content (AvgIpc) is 2.90. The van der Waals surface area contributed by atoms with E-state index < -0.39 is 11.9 Å². The third kappa shape index (κ3) is 5.92. The lowest BCUT2D eigenvalue weighted by atomic mass is 9.83. The molecule has 1 aliphatic rings. The number of nitriles is 1. The highest BCUT2D eigenvalue weighted by Crippen LogP contribution is 2.45. The van der Waals surface area contributed by atoms with E-state index in [1.165, 1.54) is 5.56 Å². The number of nitrogens with zero attached hydrogens (tertiary/aromatic N) is 1. The van der Waals surface area contributed by atoms with E-state index in [2.05, 4.69) is 26.8 Å². The standard InChI is InChI=1S/C31H32N2O5/c1-5-16-35-26-9-7-6-8-23(26)29-24-15-14-22(17-27(24)38-30(33)25(29)18-32)37-28(34)19-36-21-12-10-20(11-13-21)31(2,3)4/h6-15,17,29H,5,16,19,33H2,1-4H3. The number of hydrogen-bond donors (Lipinski definition) is 1. The minimum Gasteiger partial charge on any atom is -0.493 e. The van der Waals surface area contributed by atoms with Gasteiger partial charge in [-0.3, -0.25) is 0 Å². The van der Waals surface area contributed by atoms with Gasteiger partial charge >= 0.3 is 5.97 Å². The maximum absolute atomic E-state index is 12.5. The predicted octanol–water partition coefficient (Wildman–Crippen LogP) is 5.98. The summed E-state index contributed by atoms with van der Waals surface area (Å²) in [5, 5.41) is 9.88. The number of nitrogens with two attached hydrogens (primary N) is 1. The highest BCUT2D eigenvalue weighted by molar-refractivity contribution is 5.74. The molecule has 2 N–H and O–H groups in total. The smallest absolute Gasteiger partial charge is 0.349 e. The van der Waals surface area contributed by atoms with E-state index in [1.807, 2.05) is 55.5 Å². The van der Waals surface area contributed by atoms with Crippen molar-refractivity contribution in [1.82, 2.24) is 0 Å². The van der Waals surface area contributed by atoms with Gasteiger partial charge in [0.1, 0.15) is 34.6 Å². The molecule has 0 spiro atoms. The van der Waals surface area contributed by atoms with Crippen molar-refractivity contribution in [3.05, 3.63) is 94.9 Å². The maximum Gasteiger partial charge on any atom is 0.349 e. The van der Waals surface area contributed by atoms with Crippen molar-refractivity contribution < 1.29 is 23.7 Å². The summed E-state index contributed by atoms with van der Waals surface area (Å²) in [7, 11) is 0. The first-order valence-corrected chi connectivity index (χ1v) is 12.6. The monoisotopic (exact) mass is 512 g/mol. The molecule has 0 amide bonds. The van der Waals surface area contributed by atoms with Crippen molar-refractivity contribution in [3.63, 3.8) is 0 Å². The number of benzene rings is 3. The maximum atomic E-state index is 12.5. The second-order valence-electron chi connectivity index (χ2n) is 10.0. The summed E-state index contributed by atoms with van der Waals surface area (Å²) in [5.74, 6) is 0.899. The van der Waals surface area contributed by atoms with Gasteiger partial charge in [0.05, 0.1) is 12.5 Å². The van der Waals surface area contributed by atoms with Crippen LogP contribution in [0.4, 0.5) is 0 Å². The zero-order chi connectivity index (χ0) is 27.3. The molecule has 196 valence electrons. The quantitative estimate of drug-likeness (QED) is 0.293. The molecule has 0 aliphatic carbocycles. The van der Waals surface area contributed by atoms with Crippen molar-refractivity contribution in [2.24, 2.45) is 5.73 Å². The molecular formula is C31H32N2O5. The van der Waals surface area contributed by atoms with E-state index >= 15 is 0 Å². The Morgan fingerprint density at radius 3 is 2.39 bits per heavy atom. The molecule has 3 aromatic rings. The molecule has 38 heavy (non-hydrogen) atoms. The zero-order valence-electron chi connectivity index (χ0n) is 22.1. The molecular weight excluding hydrogens is 480 g/mol. The molecule has 1 heterocycles. The fraction of sp³-hybridized carbons (Fsp3) is 0.290. The minimum absolute atomic E-state index is 0.000748. The molecule has 0 saturated heterocycles. The number of rotatable bonds is 8. The zero-order valence-corrected chi connectivity index (χ0v) is 22.1. The van der Waals surface area contributed by atoms with Gasteiger partial charge in [-0.05, 0) is 41.7 Å². The molecule has 0 aromatic heterocycles. The Balaban J connectivity index is 1.52. The fourth-order valence-corrected chi connectivity index (χ4v) is 4.24. The third-order valence-electron chi connectivity index (χ3n) is 6.19. The molecule has 1 unspecified atom stereocenters.